The van der Waals surface area contributed by atoms with Crippen molar-refractivity contribution in [1.82, 2.24) is 14.9 Å². The number of hydrogen-bond donors (Lipinski definition) is 2. The van der Waals surface area contributed by atoms with E-state index in [2.05, 4.69) is 9.97 Å². The van der Waals surface area contributed by atoms with E-state index in [1.165, 1.54) is 6.20 Å². The number of thiophene rings is 1. The number of H-pyrrole nitrogens is 1. The second kappa shape index (κ2) is 7.14. The molecule has 0 aliphatic heterocycles. The van der Waals surface area contributed by atoms with E-state index in [0.29, 0.717) is 13.0 Å². The van der Waals surface area contributed by atoms with Gasteiger partial charge in [-0.25, -0.2) is 4.98 Å². The normalized spacial score (nSPS) is 12.1. The van der Waals surface area contributed by atoms with Crippen molar-refractivity contribution in [1.29, 1.82) is 0 Å². The molecule has 0 radical (unpaired) electrons. The number of hydrogen-bond acceptors (Lipinski definition) is 5. The number of rotatable bonds is 6. The van der Waals surface area contributed by atoms with Crippen LogP contribution in [-0.2, 0) is 6.54 Å². The van der Waals surface area contributed by atoms with Gasteiger partial charge in [-0.2, -0.15) is 11.3 Å². The smallest absolute Gasteiger partial charge is 0.274 e. The molecule has 0 bridgehead atoms. The van der Waals surface area contributed by atoms with Crippen LogP contribution < -0.4 is 5.56 Å². The summed E-state index contributed by atoms with van der Waals surface area (Å²) in [5.41, 5.74) is 0.812. The molecule has 21 heavy (non-hydrogen) atoms. The van der Waals surface area contributed by atoms with E-state index in [-0.39, 0.29) is 29.8 Å². The molecule has 7 heteroatoms. The van der Waals surface area contributed by atoms with E-state index in [9.17, 15) is 14.7 Å². The Morgan fingerprint density at radius 2 is 2.38 bits per heavy atom. The number of carbonyl (C=O) groups excluding carboxylic acids is 1. The van der Waals surface area contributed by atoms with Gasteiger partial charge < -0.3 is 15.0 Å². The molecule has 1 unspecified atom stereocenters. The van der Waals surface area contributed by atoms with Gasteiger partial charge in [0.2, 0.25) is 0 Å². The minimum Gasteiger partial charge on any atom is -0.394 e. The summed E-state index contributed by atoms with van der Waals surface area (Å²) in [4.78, 5) is 31.5. The van der Waals surface area contributed by atoms with Crippen molar-refractivity contribution < 1.29 is 9.90 Å². The van der Waals surface area contributed by atoms with E-state index in [4.69, 9.17) is 0 Å². The second-order valence-electron chi connectivity index (χ2n) is 4.61. The lowest BCUT2D eigenvalue weighted by Gasteiger charge is -2.29. The highest BCUT2D eigenvalue weighted by Crippen LogP contribution is 2.15. The number of carbonyl (C=O) groups is 1. The summed E-state index contributed by atoms with van der Waals surface area (Å²) in [5.74, 6) is -0.307. The van der Waals surface area contributed by atoms with Crippen molar-refractivity contribution in [2.75, 3.05) is 6.61 Å². The molecular formula is C14H17N3O3S. The first kappa shape index (κ1) is 15.4. The Morgan fingerprint density at radius 1 is 1.57 bits per heavy atom. The number of aliphatic hydroxyl groups is 1. The van der Waals surface area contributed by atoms with E-state index in [1.54, 1.807) is 16.2 Å². The van der Waals surface area contributed by atoms with Gasteiger partial charge in [0.25, 0.3) is 11.5 Å². The maximum absolute atomic E-state index is 12.6. The molecule has 2 heterocycles. The van der Waals surface area contributed by atoms with Gasteiger partial charge in [0.05, 0.1) is 18.8 Å². The fourth-order valence-electron chi connectivity index (χ4n) is 2.00. The second-order valence-corrected chi connectivity index (χ2v) is 5.39. The lowest BCUT2D eigenvalue weighted by molar-refractivity contribution is 0.0557. The molecule has 0 saturated heterocycles. The molecule has 6 nitrogen and oxygen atoms in total. The third kappa shape index (κ3) is 3.77. The van der Waals surface area contributed by atoms with Crippen LogP contribution in [0.1, 0.15) is 29.4 Å². The van der Waals surface area contributed by atoms with Gasteiger partial charge in [-0.3, -0.25) is 9.59 Å². The average molecular weight is 307 g/mol. The number of nitrogens with zero attached hydrogens (tertiary/aromatic N) is 2. The lowest BCUT2D eigenvalue weighted by atomic mass is 10.1. The van der Waals surface area contributed by atoms with Gasteiger partial charge in [-0.05, 0) is 28.8 Å². The Balaban J connectivity index is 2.27. The van der Waals surface area contributed by atoms with Crippen molar-refractivity contribution in [3.05, 3.63) is 50.8 Å². The maximum atomic E-state index is 12.6. The first-order valence-corrected chi connectivity index (χ1v) is 7.57. The first-order valence-electron chi connectivity index (χ1n) is 6.63. The Kier molecular flexibility index (Phi) is 5.24. The monoisotopic (exact) mass is 307 g/mol. The maximum Gasteiger partial charge on any atom is 0.274 e. The minimum atomic E-state index is -0.356. The Labute approximate surface area is 126 Å². The molecule has 1 atom stereocenters. The van der Waals surface area contributed by atoms with Crippen molar-refractivity contribution in [2.24, 2.45) is 0 Å². The lowest BCUT2D eigenvalue weighted by Crippen LogP contribution is -2.42. The number of amides is 1. The highest BCUT2D eigenvalue weighted by molar-refractivity contribution is 7.07. The topological polar surface area (TPSA) is 86.3 Å². The third-order valence-electron chi connectivity index (χ3n) is 3.21. The van der Waals surface area contributed by atoms with Gasteiger partial charge >= 0.3 is 0 Å². The zero-order valence-electron chi connectivity index (χ0n) is 11.7. The van der Waals surface area contributed by atoms with Crippen LogP contribution in [0.5, 0.6) is 0 Å². The number of aromatic nitrogens is 2. The number of nitrogens with one attached hydrogen (secondary N) is 1. The zero-order valence-corrected chi connectivity index (χ0v) is 12.5. The third-order valence-corrected chi connectivity index (χ3v) is 3.94. The Morgan fingerprint density at radius 3 is 2.90 bits per heavy atom. The molecule has 2 rings (SSSR count). The van der Waals surface area contributed by atoms with Crippen LogP contribution in [0.2, 0.25) is 0 Å². The van der Waals surface area contributed by atoms with Crippen molar-refractivity contribution in [2.45, 2.75) is 25.9 Å². The summed E-state index contributed by atoms with van der Waals surface area (Å²) >= 11 is 1.55. The predicted molar refractivity (Wildman–Crippen MR) is 80.2 cm³/mol. The molecule has 0 fully saturated rings. The van der Waals surface area contributed by atoms with Crippen molar-refractivity contribution >= 4 is 17.2 Å². The van der Waals surface area contributed by atoms with Crippen molar-refractivity contribution in [3.8, 4) is 0 Å². The molecule has 2 aromatic heterocycles. The van der Waals surface area contributed by atoms with Gasteiger partial charge in [-0.15, -0.1) is 0 Å². The standard InChI is InChI=1S/C14H17N3O3S/c1-2-11(8-18)17(7-10-3-4-21-9-10)14(20)12-5-16-13(19)6-15-12/h3-6,9,11,18H,2,7-8H2,1H3,(H,16,19). The van der Waals surface area contributed by atoms with Crippen LogP contribution in [-0.4, -0.2) is 38.5 Å². The Bertz CT molecular complexity index is 615. The van der Waals surface area contributed by atoms with Gasteiger partial charge in [0.1, 0.15) is 5.69 Å². The minimum absolute atomic E-state index is 0.115. The fourth-order valence-corrected chi connectivity index (χ4v) is 2.66. The molecule has 112 valence electrons. The van der Waals surface area contributed by atoms with E-state index in [1.807, 2.05) is 23.8 Å². The number of aromatic amines is 1. The van der Waals surface area contributed by atoms with Crippen LogP contribution in [0, 0.1) is 0 Å². The molecule has 0 aliphatic rings. The van der Waals surface area contributed by atoms with E-state index < -0.39 is 0 Å². The van der Waals surface area contributed by atoms with Crippen LogP contribution in [0.25, 0.3) is 0 Å². The quantitative estimate of drug-likeness (QED) is 0.841. The summed E-state index contributed by atoms with van der Waals surface area (Å²) < 4.78 is 0. The molecular weight excluding hydrogens is 290 g/mol. The van der Waals surface area contributed by atoms with Gasteiger partial charge in [-0.1, -0.05) is 6.92 Å². The highest BCUT2D eigenvalue weighted by Gasteiger charge is 2.24. The SMILES string of the molecule is CCC(CO)N(Cc1ccsc1)C(=O)c1c[nH]c(=O)cn1. The molecule has 0 aromatic carbocycles. The van der Waals surface area contributed by atoms with Crippen LogP contribution >= 0.6 is 11.3 Å². The summed E-state index contributed by atoms with van der Waals surface area (Å²) in [6.07, 6.45) is 3.01. The highest BCUT2D eigenvalue weighted by atomic mass is 32.1. The van der Waals surface area contributed by atoms with Gasteiger partial charge in [0, 0.05) is 12.7 Å². The van der Waals surface area contributed by atoms with Crippen LogP contribution in [0.3, 0.4) is 0 Å². The summed E-state index contributed by atoms with van der Waals surface area (Å²) in [6.45, 7) is 2.20. The van der Waals surface area contributed by atoms with E-state index >= 15 is 0 Å². The average Bonchev–Trinajstić information content (AvgIpc) is 3.00. The molecule has 1 amide bonds. The molecule has 0 spiro atoms. The molecule has 0 aliphatic carbocycles. The van der Waals surface area contributed by atoms with E-state index in [0.717, 1.165) is 11.8 Å². The molecule has 2 N–H and O–H groups in total. The zero-order chi connectivity index (χ0) is 15.2. The van der Waals surface area contributed by atoms with Crippen molar-refractivity contribution in [3.63, 3.8) is 0 Å². The Hall–Kier alpha value is -1.99. The number of aliphatic hydroxyl groups excluding tert-OH is 1. The van der Waals surface area contributed by atoms with Gasteiger partial charge in [0.15, 0.2) is 0 Å². The first-order chi connectivity index (χ1) is 10.2. The van der Waals surface area contributed by atoms with Crippen LogP contribution in [0.15, 0.2) is 34.0 Å². The largest absolute Gasteiger partial charge is 0.394 e. The summed E-state index contributed by atoms with van der Waals surface area (Å²) in [5, 5.41) is 13.4. The fraction of sp³-hybridized carbons (Fsp3) is 0.357. The summed E-state index contributed by atoms with van der Waals surface area (Å²) in [6, 6.07) is 1.65. The molecule has 2 aromatic rings. The molecule has 0 saturated carbocycles. The predicted octanol–water partition coefficient (Wildman–Crippen LogP) is 1.24. The summed E-state index contributed by atoms with van der Waals surface area (Å²) in [7, 11) is 0. The van der Waals surface area contributed by atoms with Crippen LogP contribution in [0.4, 0.5) is 0 Å².